The second-order valence-electron chi connectivity index (χ2n) is 7.44. The molecule has 1 rings (SSSR count). The average molecular weight is 516 g/mol. The summed E-state index contributed by atoms with van der Waals surface area (Å²) in [7, 11) is 1.74. The number of rotatable bonds is 13. The van der Waals surface area contributed by atoms with Gasteiger partial charge in [0.15, 0.2) is 0 Å². The van der Waals surface area contributed by atoms with Crippen LogP contribution in [0.1, 0.15) is 64.9 Å². The van der Waals surface area contributed by atoms with Crippen molar-refractivity contribution in [2.45, 2.75) is 77.0 Å². The van der Waals surface area contributed by atoms with Gasteiger partial charge in [0.25, 0.3) is 0 Å². The van der Waals surface area contributed by atoms with Gasteiger partial charge in [-0.3, -0.25) is 0 Å². The number of unbranched alkanes of at least 4 members (excludes halogenated alkanes) is 3. The third kappa shape index (κ3) is 7.66. The van der Waals surface area contributed by atoms with Crippen LogP contribution in [0.4, 0.5) is 0 Å². The summed E-state index contributed by atoms with van der Waals surface area (Å²) < 4.78 is 12.5. The van der Waals surface area contributed by atoms with Crippen LogP contribution in [0, 0.1) is 0 Å². The molecule has 0 aromatic heterocycles. The zero-order chi connectivity index (χ0) is 18.7. The van der Waals surface area contributed by atoms with E-state index >= 15 is 0 Å². The maximum atomic E-state index is 5.44. The molecule has 0 unspecified atom stereocenters. The van der Waals surface area contributed by atoms with Crippen LogP contribution in [-0.4, -0.2) is 25.5 Å². The number of hydrogen-bond donors (Lipinski definition) is 0. The van der Waals surface area contributed by atoms with Gasteiger partial charge in [0.05, 0.1) is 0 Å². The first-order valence-electron chi connectivity index (χ1n) is 10.0. The first-order valence-corrected chi connectivity index (χ1v) is 18.9. The number of hydrogen-bond acceptors (Lipinski definition) is 1. The molecular formula is C22H37BrOSn. The molecule has 0 saturated carbocycles. The first-order chi connectivity index (χ1) is 12.0. The molecule has 0 heterocycles. The van der Waals surface area contributed by atoms with E-state index in [9.17, 15) is 0 Å². The Morgan fingerprint density at radius 3 is 1.96 bits per heavy atom. The van der Waals surface area contributed by atoms with E-state index in [-0.39, 0.29) is 0 Å². The zero-order valence-corrected chi connectivity index (χ0v) is 21.2. The van der Waals surface area contributed by atoms with E-state index in [1.165, 1.54) is 67.4 Å². The van der Waals surface area contributed by atoms with Crippen LogP contribution in [0.2, 0.25) is 17.7 Å². The van der Waals surface area contributed by atoms with E-state index in [0.717, 1.165) is 10.2 Å². The number of halogens is 1. The Kier molecular flexibility index (Phi) is 11.5. The molecule has 0 amide bonds. The van der Waals surface area contributed by atoms with Crippen molar-refractivity contribution in [3.63, 3.8) is 0 Å². The fourth-order valence-electron chi connectivity index (χ4n) is 3.75. The molecule has 0 spiro atoms. The summed E-state index contributed by atoms with van der Waals surface area (Å²) in [5.74, 6) is 0.927. The van der Waals surface area contributed by atoms with E-state index in [2.05, 4.69) is 55.4 Å². The first kappa shape index (κ1) is 23.1. The molecule has 1 nitrogen and oxygen atoms in total. The second kappa shape index (κ2) is 12.4. The Labute approximate surface area is 168 Å². The Balaban J connectivity index is 3.05. The number of methoxy groups -OCH3 is 1. The second-order valence-corrected chi connectivity index (χ2v) is 22.1. The Bertz CT molecular complexity index is 505. The van der Waals surface area contributed by atoms with Crippen LogP contribution in [0.25, 0.3) is 5.57 Å². The van der Waals surface area contributed by atoms with Crippen molar-refractivity contribution in [1.29, 1.82) is 0 Å². The Morgan fingerprint density at radius 2 is 1.52 bits per heavy atom. The van der Waals surface area contributed by atoms with Crippen molar-refractivity contribution in [2.75, 3.05) is 7.11 Å². The van der Waals surface area contributed by atoms with Crippen molar-refractivity contribution in [2.24, 2.45) is 0 Å². The molecule has 0 aliphatic rings. The van der Waals surface area contributed by atoms with Crippen LogP contribution in [0.3, 0.4) is 0 Å². The molecule has 1 aromatic rings. The fraction of sp³-hybridized carbons (Fsp3) is 0.636. The molecule has 0 aliphatic carbocycles. The molecule has 0 atom stereocenters. The summed E-state index contributed by atoms with van der Waals surface area (Å²) in [6, 6.07) is 6.27. The van der Waals surface area contributed by atoms with Crippen LogP contribution in [0.15, 0.2) is 29.3 Å². The third-order valence-corrected chi connectivity index (χ3v) is 21.5. The minimum atomic E-state index is -2.20. The molecule has 0 bridgehead atoms. The van der Waals surface area contributed by atoms with Gasteiger partial charge < -0.3 is 0 Å². The van der Waals surface area contributed by atoms with Gasteiger partial charge in [-0.1, -0.05) is 0 Å². The van der Waals surface area contributed by atoms with E-state index < -0.39 is 18.4 Å². The monoisotopic (exact) mass is 516 g/mol. The standard InChI is InChI=1S/C10H10BrO.3C4H9.Sn/c1-7(2)9-6-8(12-3)4-5-10(9)11;3*1-3-4-2;/h4-6H,1-2H2,3H3;3*1,3-4H2,2H3;. The number of ether oxygens (including phenoxy) is 1. The topological polar surface area (TPSA) is 9.23 Å². The number of benzene rings is 1. The summed E-state index contributed by atoms with van der Waals surface area (Å²) in [6.45, 7) is 11.5. The minimum absolute atomic E-state index is 0.927. The quantitative estimate of drug-likeness (QED) is 0.240. The van der Waals surface area contributed by atoms with E-state index in [4.69, 9.17) is 4.74 Å². The molecule has 1 aromatic carbocycles. The Morgan fingerprint density at radius 1 is 1.00 bits per heavy atom. The molecule has 0 saturated heterocycles. The average Bonchev–Trinajstić information content (AvgIpc) is 2.63. The van der Waals surface area contributed by atoms with E-state index in [0.29, 0.717) is 0 Å². The summed E-state index contributed by atoms with van der Waals surface area (Å²) in [5, 5.41) is 0. The van der Waals surface area contributed by atoms with Crippen LogP contribution < -0.4 is 4.74 Å². The molecule has 0 N–H and O–H groups in total. The van der Waals surface area contributed by atoms with Gasteiger partial charge in [-0.15, -0.1) is 0 Å². The summed E-state index contributed by atoms with van der Waals surface area (Å²) >= 11 is 1.54. The normalized spacial score (nSPS) is 11.6. The zero-order valence-electron chi connectivity index (χ0n) is 16.8. The van der Waals surface area contributed by atoms with Gasteiger partial charge in [-0.05, 0) is 0 Å². The van der Waals surface area contributed by atoms with Gasteiger partial charge in [-0.2, -0.15) is 0 Å². The fourth-order valence-corrected chi connectivity index (χ4v) is 20.5. The molecule has 142 valence electrons. The van der Waals surface area contributed by atoms with Crippen molar-refractivity contribution in [3.05, 3.63) is 34.8 Å². The molecule has 0 fully saturated rings. The molecule has 0 aliphatic heterocycles. The van der Waals surface area contributed by atoms with Gasteiger partial charge in [0.1, 0.15) is 0 Å². The van der Waals surface area contributed by atoms with Crippen LogP contribution >= 0.6 is 15.9 Å². The summed E-state index contributed by atoms with van der Waals surface area (Å²) in [6.07, 6.45) is 8.22. The SMILES string of the molecule is C=C([CH2][Sn]([CH2]CCC)([CH2]CCC)[CH2]CCC)c1cc(OC)ccc1Br. The van der Waals surface area contributed by atoms with Crippen molar-refractivity contribution in [1.82, 2.24) is 0 Å². The maximum absolute atomic E-state index is 5.44. The predicted octanol–water partition coefficient (Wildman–Crippen LogP) is 8.32. The van der Waals surface area contributed by atoms with E-state index in [1.54, 1.807) is 7.11 Å². The molecule has 25 heavy (non-hydrogen) atoms. The molecule has 0 radical (unpaired) electrons. The van der Waals surface area contributed by atoms with Gasteiger partial charge in [0, 0.05) is 0 Å². The van der Waals surface area contributed by atoms with Crippen LogP contribution in [-0.2, 0) is 0 Å². The molecular weight excluding hydrogens is 479 g/mol. The van der Waals surface area contributed by atoms with E-state index in [1.807, 2.05) is 6.07 Å². The van der Waals surface area contributed by atoms with Crippen LogP contribution in [0.5, 0.6) is 5.75 Å². The van der Waals surface area contributed by atoms with Crippen molar-refractivity contribution < 1.29 is 4.74 Å². The van der Waals surface area contributed by atoms with Gasteiger partial charge in [-0.25, -0.2) is 0 Å². The molecule has 3 heteroatoms. The van der Waals surface area contributed by atoms with Crippen molar-refractivity contribution >= 4 is 39.9 Å². The summed E-state index contributed by atoms with van der Waals surface area (Å²) in [5.41, 5.74) is 2.59. The predicted molar refractivity (Wildman–Crippen MR) is 119 cm³/mol. The summed E-state index contributed by atoms with van der Waals surface area (Å²) in [4.78, 5) is 0. The Hall–Kier alpha value is 0.0387. The van der Waals surface area contributed by atoms with Gasteiger partial charge >= 0.3 is 169 Å². The third-order valence-electron chi connectivity index (χ3n) is 5.32. The van der Waals surface area contributed by atoms with Gasteiger partial charge in [0.2, 0.25) is 0 Å². The van der Waals surface area contributed by atoms with Crippen molar-refractivity contribution in [3.8, 4) is 5.75 Å². The number of allylic oxidation sites excluding steroid dienone is 1.